The second-order valence-corrected chi connectivity index (χ2v) is 12.8. The third-order valence-electron chi connectivity index (χ3n) is 8.07. The Balaban J connectivity index is -0.000000682. The van der Waals surface area contributed by atoms with Crippen LogP contribution in [0.4, 0.5) is 0 Å². The van der Waals surface area contributed by atoms with Crippen molar-refractivity contribution in [1.29, 1.82) is 0 Å². The summed E-state index contributed by atoms with van der Waals surface area (Å²) in [5, 5.41) is 41.0. The first-order valence-corrected chi connectivity index (χ1v) is 19.3. The Kier molecular flexibility index (Phi) is 48.6. The van der Waals surface area contributed by atoms with Crippen molar-refractivity contribution in [1.82, 2.24) is 0 Å². The zero-order valence-corrected chi connectivity index (χ0v) is 30.4. The monoisotopic (exact) mass is 659 g/mol. The smallest absolute Gasteiger partial charge is 0.303 e. The van der Waals surface area contributed by atoms with Crippen molar-refractivity contribution in [2.75, 3.05) is 13.2 Å². The van der Waals surface area contributed by atoms with Crippen molar-refractivity contribution in [2.45, 2.75) is 213 Å². The van der Waals surface area contributed by atoms with E-state index in [9.17, 15) is 9.59 Å². The van der Waals surface area contributed by atoms with Crippen molar-refractivity contribution >= 4 is 11.9 Å². The summed E-state index contributed by atoms with van der Waals surface area (Å²) in [5.41, 5.74) is 0. The molecule has 0 aliphatic carbocycles. The van der Waals surface area contributed by atoms with Crippen LogP contribution in [-0.4, -0.2) is 56.8 Å². The van der Waals surface area contributed by atoms with E-state index in [1.54, 1.807) is 0 Å². The molecule has 0 heterocycles. The van der Waals surface area contributed by atoms with Gasteiger partial charge < -0.3 is 25.5 Å². The van der Waals surface area contributed by atoms with Gasteiger partial charge in [0.1, 0.15) is 6.10 Å². The third-order valence-corrected chi connectivity index (χ3v) is 8.07. The fraction of sp³-hybridized carbons (Fsp3) is 0.897. The van der Waals surface area contributed by atoms with Gasteiger partial charge in [0, 0.05) is 12.8 Å². The first-order chi connectivity index (χ1) is 22.3. The Hall–Kier alpha value is -1.44. The molecule has 7 heteroatoms. The summed E-state index contributed by atoms with van der Waals surface area (Å²) in [7, 11) is 0. The van der Waals surface area contributed by atoms with Crippen molar-refractivity contribution in [3.8, 4) is 0 Å². The van der Waals surface area contributed by atoms with Gasteiger partial charge in [-0.3, -0.25) is 9.59 Å². The quantitative estimate of drug-likeness (QED) is 0.0350. The molecular formula is C39H78O7. The van der Waals surface area contributed by atoms with E-state index in [-0.39, 0.29) is 13.2 Å². The molecule has 0 bridgehead atoms. The Bertz CT molecular complexity index is 605. The fourth-order valence-corrected chi connectivity index (χ4v) is 5.05. The molecule has 0 aliphatic heterocycles. The number of carboxylic acid groups (broad SMARTS) is 2. The minimum absolute atomic E-state index is 0.332. The van der Waals surface area contributed by atoms with Crippen LogP contribution in [0.25, 0.3) is 0 Å². The molecule has 0 rings (SSSR count). The number of rotatable bonds is 33. The average molecular weight is 659 g/mol. The number of carboxylic acids is 2. The Morgan fingerprint density at radius 2 is 0.674 bits per heavy atom. The summed E-state index contributed by atoms with van der Waals surface area (Å²) < 4.78 is 0. The SMILES string of the molecule is CCCCCCCC/C=C\CCCCCCCC(=O)O.CCCCCCCCCCCCCCCCCC(=O)O.OCC(O)CO. The van der Waals surface area contributed by atoms with Crippen molar-refractivity contribution in [3.63, 3.8) is 0 Å². The van der Waals surface area contributed by atoms with Gasteiger partial charge in [0.25, 0.3) is 0 Å². The molecule has 0 fully saturated rings. The summed E-state index contributed by atoms with van der Waals surface area (Å²) in [6.07, 6.45) is 40.5. The molecule has 0 radical (unpaired) electrons. The zero-order valence-electron chi connectivity index (χ0n) is 30.4. The number of aliphatic carboxylic acids is 2. The van der Waals surface area contributed by atoms with Crippen LogP contribution in [0.3, 0.4) is 0 Å². The molecule has 0 saturated carbocycles. The minimum atomic E-state index is -0.954. The first-order valence-electron chi connectivity index (χ1n) is 19.3. The number of aliphatic hydroxyl groups is 3. The molecule has 7 nitrogen and oxygen atoms in total. The number of hydrogen-bond acceptors (Lipinski definition) is 5. The number of carbonyl (C=O) groups is 2. The molecule has 0 aliphatic rings. The Labute approximate surface area is 284 Å². The van der Waals surface area contributed by atoms with Crippen LogP contribution in [0.2, 0.25) is 0 Å². The van der Waals surface area contributed by atoms with Crippen LogP contribution in [0.15, 0.2) is 12.2 Å². The highest BCUT2D eigenvalue weighted by molar-refractivity contribution is 5.66. The average Bonchev–Trinajstić information content (AvgIpc) is 3.04. The molecule has 0 spiro atoms. The van der Waals surface area contributed by atoms with E-state index in [1.807, 2.05) is 0 Å². The number of aliphatic hydroxyl groups excluding tert-OH is 3. The van der Waals surface area contributed by atoms with E-state index < -0.39 is 18.0 Å². The van der Waals surface area contributed by atoms with Gasteiger partial charge in [0.2, 0.25) is 0 Å². The number of allylic oxidation sites excluding steroid dienone is 2. The summed E-state index contributed by atoms with van der Waals surface area (Å²) in [5.74, 6) is -1.32. The fourth-order valence-electron chi connectivity index (χ4n) is 5.05. The molecule has 0 atom stereocenters. The van der Waals surface area contributed by atoms with Gasteiger partial charge in [-0.2, -0.15) is 0 Å². The largest absolute Gasteiger partial charge is 0.481 e. The highest BCUT2D eigenvalue weighted by Crippen LogP contribution is 2.14. The van der Waals surface area contributed by atoms with Crippen molar-refractivity contribution in [3.05, 3.63) is 12.2 Å². The molecular weight excluding hydrogens is 580 g/mol. The summed E-state index contributed by atoms with van der Waals surface area (Å²) in [6, 6.07) is 0. The zero-order chi connectivity index (χ0) is 34.8. The van der Waals surface area contributed by atoms with Crippen molar-refractivity contribution < 1.29 is 35.1 Å². The molecule has 0 saturated heterocycles. The maximum atomic E-state index is 10.3. The summed E-state index contributed by atoms with van der Waals surface area (Å²) >= 11 is 0. The van der Waals surface area contributed by atoms with E-state index in [0.29, 0.717) is 12.8 Å². The van der Waals surface area contributed by atoms with Crippen LogP contribution >= 0.6 is 0 Å². The normalized spacial score (nSPS) is 10.9. The topological polar surface area (TPSA) is 135 Å². The molecule has 0 aromatic carbocycles. The van der Waals surface area contributed by atoms with Gasteiger partial charge in [0.15, 0.2) is 0 Å². The first kappa shape index (κ1) is 49.0. The van der Waals surface area contributed by atoms with E-state index in [4.69, 9.17) is 25.5 Å². The molecule has 0 aromatic rings. The van der Waals surface area contributed by atoms with Crippen LogP contribution in [-0.2, 0) is 9.59 Å². The van der Waals surface area contributed by atoms with Gasteiger partial charge in [-0.25, -0.2) is 0 Å². The lowest BCUT2D eigenvalue weighted by molar-refractivity contribution is -0.138. The predicted molar refractivity (Wildman–Crippen MR) is 194 cm³/mol. The number of unbranched alkanes of at least 4 members (excludes halogenated alkanes) is 25. The molecule has 0 aromatic heterocycles. The highest BCUT2D eigenvalue weighted by atomic mass is 16.4. The van der Waals surface area contributed by atoms with Gasteiger partial charge in [-0.05, 0) is 38.5 Å². The van der Waals surface area contributed by atoms with Crippen LogP contribution < -0.4 is 0 Å². The standard InChI is InChI=1S/C18H36O2.C18H34O2.C3H8O3/c2*1-2-3-4-5-6-7-8-9-10-11-12-13-14-15-16-17-18(19)20;4-1-3(6)2-5/h2-17H2,1H3,(H,19,20);9-10H,2-8,11-17H2,1H3,(H,19,20);3-6H,1-2H2/b;10-9-;. The van der Waals surface area contributed by atoms with Gasteiger partial charge in [-0.1, -0.05) is 167 Å². The van der Waals surface area contributed by atoms with Gasteiger partial charge in [-0.15, -0.1) is 0 Å². The lowest BCUT2D eigenvalue weighted by Crippen LogP contribution is -2.15. The lowest BCUT2D eigenvalue weighted by Gasteiger charge is -2.03. The van der Waals surface area contributed by atoms with E-state index >= 15 is 0 Å². The second-order valence-electron chi connectivity index (χ2n) is 12.8. The number of hydrogen-bond donors (Lipinski definition) is 5. The van der Waals surface area contributed by atoms with Gasteiger partial charge in [0.05, 0.1) is 13.2 Å². The summed E-state index contributed by atoms with van der Waals surface area (Å²) in [6.45, 7) is 3.80. The highest BCUT2D eigenvalue weighted by Gasteiger charge is 1.98. The van der Waals surface area contributed by atoms with E-state index in [2.05, 4.69) is 26.0 Å². The molecule has 5 N–H and O–H groups in total. The maximum Gasteiger partial charge on any atom is 0.303 e. The molecule has 46 heavy (non-hydrogen) atoms. The lowest BCUT2D eigenvalue weighted by atomic mass is 10.0. The third kappa shape index (κ3) is 55.0. The Morgan fingerprint density at radius 3 is 0.891 bits per heavy atom. The van der Waals surface area contributed by atoms with Crippen LogP contribution in [0.1, 0.15) is 206 Å². The van der Waals surface area contributed by atoms with Crippen LogP contribution in [0, 0.1) is 0 Å². The predicted octanol–water partition coefficient (Wildman–Crippen LogP) is 10.8. The van der Waals surface area contributed by atoms with Gasteiger partial charge >= 0.3 is 11.9 Å². The second kappa shape index (κ2) is 45.7. The van der Waals surface area contributed by atoms with Crippen LogP contribution in [0.5, 0.6) is 0 Å². The van der Waals surface area contributed by atoms with Crippen molar-refractivity contribution in [2.24, 2.45) is 0 Å². The summed E-state index contributed by atoms with van der Waals surface area (Å²) in [4.78, 5) is 20.7. The van der Waals surface area contributed by atoms with E-state index in [0.717, 1.165) is 25.7 Å². The molecule has 0 unspecified atom stereocenters. The Morgan fingerprint density at radius 1 is 0.435 bits per heavy atom. The van der Waals surface area contributed by atoms with E-state index in [1.165, 1.54) is 154 Å². The maximum absolute atomic E-state index is 10.3. The minimum Gasteiger partial charge on any atom is -0.481 e. The molecule has 276 valence electrons. The molecule has 0 amide bonds.